The van der Waals surface area contributed by atoms with Crippen LogP contribution in [0.5, 0.6) is 0 Å². The van der Waals surface area contributed by atoms with E-state index in [2.05, 4.69) is 19.1 Å². The Bertz CT molecular complexity index is 399. The molecule has 0 aliphatic heterocycles. The maximum atomic E-state index is 11.9. The second-order valence-corrected chi connectivity index (χ2v) is 7.77. The van der Waals surface area contributed by atoms with Crippen LogP contribution in [-0.2, 0) is 14.3 Å². The maximum absolute atomic E-state index is 11.9. The van der Waals surface area contributed by atoms with Gasteiger partial charge in [0.2, 0.25) is 0 Å². The third-order valence-corrected chi connectivity index (χ3v) is 3.94. The van der Waals surface area contributed by atoms with Crippen LogP contribution in [0.1, 0.15) is 71.1 Å². The van der Waals surface area contributed by atoms with E-state index in [1.807, 2.05) is 21.1 Å². The Labute approximate surface area is 153 Å². The van der Waals surface area contributed by atoms with E-state index in [4.69, 9.17) is 9.84 Å². The van der Waals surface area contributed by atoms with Crippen molar-refractivity contribution in [3.8, 4) is 0 Å². The largest absolute Gasteiger partial charge is 0.481 e. The summed E-state index contributed by atoms with van der Waals surface area (Å²) in [5.74, 6) is -1.20. The highest BCUT2D eigenvalue weighted by Crippen LogP contribution is 2.12. The summed E-state index contributed by atoms with van der Waals surface area (Å²) in [7, 11) is 5.88. The lowest BCUT2D eigenvalue weighted by molar-refractivity contribution is -0.873. The van der Waals surface area contributed by atoms with Crippen LogP contribution in [0.15, 0.2) is 12.2 Å². The second kappa shape index (κ2) is 13.9. The van der Waals surface area contributed by atoms with Gasteiger partial charge in [-0.25, -0.2) is 0 Å². The predicted molar refractivity (Wildman–Crippen MR) is 101 cm³/mol. The summed E-state index contributed by atoms with van der Waals surface area (Å²) < 4.78 is 5.95. The van der Waals surface area contributed by atoms with Crippen molar-refractivity contribution >= 4 is 11.9 Å². The fraction of sp³-hybridized carbons (Fsp3) is 0.800. The van der Waals surface area contributed by atoms with E-state index < -0.39 is 12.1 Å². The van der Waals surface area contributed by atoms with E-state index in [1.165, 1.54) is 32.1 Å². The SMILES string of the molecule is C/C=C/CCCCCCCCCC(=O)OC(CC(=O)O)C[N+](C)(C)C. The highest BCUT2D eigenvalue weighted by Gasteiger charge is 2.24. The number of rotatable bonds is 15. The van der Waals surface area contributed by atoms with Crippen molar-refractivity contribution in [2.75, 3.05) is 27.7 Å². The molecule has 0 fully saturated rings. The number of carbonyl (C=O) groups excluding carboxylic acids is 1. The van der Waals surface area contributed by atoms with Crippen molar-refractivity contribution in [1.29, 1.82) is 0 Å². The molecule has 0 aliphatic rings. The number of unbranched alkanes of at least 4 members (excludes halogenated alkanes) is 7. The summed E-state index contributed by atoms with van der Waals surface area (Å²) in [5.41, 5.74) is 0. The molecular formula is C20H38NO4+. The van der Waals surface area contributed by atoms with Crippen molar-refractivity contribution in [3.05, 3.63) is 12.2 Å². The number of hydrogen-bond donors (Lipinski definition) is 1. The Morgan fingerprint density at radius 2 is 1.56 bits per heavy atom. The van der Waals surface area contributed by atoms with Gasteiger partial charge in [0, 0.05) is 6.42 Å². The fourth-order valence-electron chi connectivity index (χ4n) is 2.78. The van der Waals surface area contributed by atoms with Crippen LogP contribution in [0.4, 0.5) is 0 Å². The van der Waals surface area contributed by atoms with Gasteiger partial charge in [-0.05, 0) is 26.2 Å². The lowest BCUT2D eigenvalue weighted by Gasteiger charge is -2.28. The number of nitrogens with zero attached hydrogens (tertiary/aromatic N) is 1. The van der Waals surface area contributed by atoms with Crippen LogP contribution >= 0.6 is 0 Å². The Kier molecular flexibility index (Phi) is 13.1. The number of likely N-dealkylation sites (N-methyl/N-ethyl adjacent to an activating group) is 1. The molecule has 0 saturated carbocycles. The molecule has 0 heterocycles. The normalized spacial score (nSPS) is 13.1. The summed E-state index contributed by atoms with van der Waals surface area (Å²) in [6.45, 7) is 2.56. The maximum Gasteiger partial charge on any atom is 0.307 e. The zero-order valence-electron chi connectivity index (χ0n) is 16.6. The van der Waals surface area contributed by atoms with Crippen LogP contribution in [0, 0.1) is 0 Å². The number of esters is 1. The van der Waals surface area contributed by atoms with E-state index in [-0.39, 0.29) is 12.4 Å². The minimum atomic E-state index is -0.930. The van der Waals surface area contributed by atoms with Crippen molar-refractivity contribution in [2.24, 2.45) is 0 Å². The molecule has 0 rings (SSSR count). The summed E-state index contributed by atoms with van der Waals surface area (Å²) in [5, 5.41) is 8.96. The molecular weight excluding hydrogens is 318 g/mol. The third-order valence-electron chi connectivity index (χ3n) is 3.94. The highest BCUT2D eigenvalue weighted by molar-refractivity contribution is 5.71. The Morgan fingerprint density at radius 1 is 1.00 bits per heavy atom. The first-order valence-electron chi connectivity index (χ1n) is 9.57. The van der Waals surface area contributed by atoms with E-state index >= 15 is 0 Å². The number of ether oxygens (including phenoxy) is 1. The molecule has 5 nitrogen and oxygen atoms in total. The van der Waals surface area contributed by atoms with Gasteiger partial charge in [0.15, 0.2) is 6.10 Å². The highest BCUT2D eigenvalue weighted by atomic mass is 16.5. The zero-order chi connectivity index (χ0) is 19.1. The first kappa shape index (κ1) is 23.6. The van der Waals surface area contributed by atoms with Crippen molar-refractivity contribution in [2.45, 2.75) is 77.2 Å². The molecule has 0 aromatic rings. The lowest BCUT2D eigenvalue weighted by Crippen LogP contribution is -2.43. The number of carboxylic acids is 1. The summed E-state index contributed by atoms with van der Waals surface area (Å²) >= 11 is 0. The van der Waals surface area contributed by atoms with E-state index in [0.717, 1.165) is 19.3 Å². The number of aliphatic carboxylic acids is 1. The molecule has 0 spiro atoms. The summed E-state index contributed by atoms with van der Waals surface area (Å²) in [6, 6.07) is 0. The molecule has 0 bridgehead atoms. The zero-order valence-corrected chi connectivity index (χ0v) is 16.6. The second-order valence-electron chi connectivity index (χ2n) is 7.77. The molecule has 146 valence electrons. The van der Waals surface area contributed by atoms with Gasteiger partial charge in [-0.15, -0.1) is 0 Å². The fourth-order valence-corrected chi connectivity index (χ4v) is 2.78. The van der Waals surface area contributed by atoms with Gasteiger partial charge in [-0.2, -0.15) is 0 Å². The number of hydrogen-bond acceptors (Lipinski definition) is 3. The molecule has 0 radical (unpaired) electrons. The molecule has 1 N–H and O–H groups in total. The number of carbonyl (C=O) groups is 2. The topological polar surface area (TPSA) is 63.6 Å². The molecule has 0 aromatic carbocycles. The van der Waals surface area contributed by atoms with Crippen LogP contribution < -0.4 is 0 Å². The van der Waals surface area contributed by atoms with Crippen LogP contribution in [0.25, 0.3) is 0 Å². The van der Waals surface area contributed by atoms with E-state index in [9.17, 15) is 9.59 Å². The molecule has 0 saturated heterocycles. The summed E-state index contributed by atoms with van der Waals surface area (Å²) in [4.78, 5) is 22.8. The number of quaternary nitrogens is 1. The monoisotopic (exact) mass is 356 g/mol. The molecule has 1 atom stereocenters. The molecule has 25 heavy (non-hydrogen) atoms. The molecule has 5 heteroatoms. The smallest absolute Gasteiger partial charge is 0.307 e. The van der Waals surface area contributed by atoms with Gasteiger partial charge in [-0.3, -0.25) is 9.59 Å². The third kappa shape index (κ3) is 17.3. The first-order valence-corrected chi connectivity index (χ1v) is 9.57. The average molecular weight is 357 g/mol. The lowest BCUT2D eigenvalue weighted by atomic mass is 10.1. The van der Waals surface area contributed by atoms with E-state index in [1.54, 1.807) is 0 Å². The Hall–Kier alpha value is -1.36. The number of carboxylic acid groups (broad SMARTS) is 1. The van der Waals surface area contributed by atoms with Gasteiger partial charge < -0.3 is 14.3 Å². The van der Waals surface area contributed by atoms with Gasteiger partial charge in [0.25, 0.3) is 0 Å². The Morgan fingerprint density at radius 3 is 2.08 bits per heavy atom. The Balaban J connectivity index is 3.80. The van der Waals surface area contributed by atoms with Crippen LogP contribution in [0.3, 0.4) is 0 Å². The molecule has 1 unspecified atom stereocenters. The quantitative estimate of drug-likeness (QED) is 0.207. The number of allylic oxidation sites excluding steroid dienone is 2. The van der Waals surface area contributed by atoms with Gasteiger partial charge >= 0.3 is 11.9 Å². The van der Waals surface area contributed by atoms with Gasteiger partial charge in [-0.1, -0.05) is 44.3 Å². The van der Waals surface area contributed by atoms with Gasteiger partial charge in [0.1, 0.15) is 6.54 Å². The van der Waals surface area contributed by atoms with Crippen LogP contribution in [0.2, 0.25) is 0 Å². The summed E-state index contributed by atoms with van der Waals surface area (Å²) in [6.07, 6.45) is 13.2. The molecule has 0 amide bonds. The molecule has 0 aromatic heterocycles. The minimum Gasteiger partial charge on any atom is -0.481 e. The van der Waals surface area contributed by atoms with Gasteiger partial charge in [0.05, 0.1) is 27.6 Å². The first-order chi connectivity index (χ1) is 11.7. The van der Waals surface area contributed by atoms with Crippen molar-refractivity contribution in [1.82, 2.24) is 0 Å². The van der Waals surface area contributed by atoms with Crippen LogP contribution in [-0.4, -0.2) is 55.3 Å². The van der Waals surface area contributed by atoms with Crippen molar-refractivity contribution in [3.63, 3.8) is 0 Å². The van der Waals surface area contributed by atoms with Crippen molar-refractivity contribution < 1.29 is 23.9 Å². The predicted octanol–water partition coefficient (Wildman–Crippen LogP) is 4.17. The van der Waals surface area contributed by atoms with E-state index in [0.29, 0.717) is 17.4 Å². The molecule has 0 aliphatic carbocycles. The average Bonchev–Trinajstić information content (AvgIpc) is 2.46. The minimum absolute atomic E-state index is 0.130. The standard InChI is InChI=1S/C20H37NO4/c1-5-6-7-8-9-10-11-12-13-14-15-20(24)25-18(16-19(22)23)17-21(2,3)4/h5-6,18H,7-17H2,1-4H3/p+1/b6-5+.